The van der Waals surface area contributed by atoms with E-state index in [1.165, 1.54) is 24.3 Å². The number of nitrogens with zero attached hydrogens (tertiary/aromatic N) is 2. The molecule has 1 aliphatic heterocycles. The zero-order valence-corrected chi connectivity index (χ0v) is 18.9. The van der Waals surface area contributed by atoms with Crippen molar-refractivity contribution >= 4 is 5.97 Å². The molecule has 1 fully saturated rings. The average Bonchev–Trinajstić information content (AvgIpc) is 2.84. The summed E-state index contributed by atoms with van der Waals surface area (Å²) in [6, 6.07) is 19.1. The third-order valence-corrected chi connectivity index (χ3v) is 6.08. The number of aliphatic carboxylic acids is 1. The SMILES string of the molecule is O=C(O)COCCN1CCN(Cc2cccc(-c3ccc(F)cc3)c2-c2ccc(F)cc2)CC1. The van der Waals surface area contributed by atoms with Crippen LogP contribution >= 0.6 is 0 Å². The van der Waals surface area contributed by atoms with Crippen LogP contribution in [-0.2, 0) is 16.1 Å². The number of halogens is 2. The minimum absolute atomic E-state index is 0.267. The fraction of sp³-hybridized carbons (Fsp3) is 0.296. The number of carboxylic acids is 1. The van der Waals surface area contributed by atoms with Crippen molar-refractivity contribution in [3.05, 3.63) is 83.9 Å². The predicted molar refractivity (Wildman–Crippen MR) is 127 cm³/mol. The van der Waals surface area contributed by atoms with Crippen LogP contribution in [0.3, 0.4) is 0 Å². The molecule has 7 heteroatoms. The molecule has 0 aliphatic carbocycles. The number of hydrogen-bond donors (Lipinski definition) is 1. The van der Waals surface area contributed by atoms with Gasteiger partial charge >= 0.3 is 5.97 Å². The molecule has 0 spiro atoms. The van der Waals surface area contributed by atoms with E-state index in [0.29, 0.717) is 13.2 Å². The van der Waals surface area contributed by atoms with E-state index in [0.717, 1.165) is 60.5 Å². The van der Waals surface area contributed by atoms with Crippen LogP contribution in [-0.4, -0.2) is 66.8 Å². The molecule has 4 rings (SSSR count). The van der Waals surface area contributed by atoms with E-state index in [1.54, 1.807) is 24.3 Å². The zero-order valence-electron chi connectivity index (χ0n) is 18.9. The minimum Gasteiger partial charge on any atom is -0.480 e. The fourth-order valence-electron chi connectivity index (χ4n) is 4.32. The van der Waals surface area contributed by atoms with E-state index in [4.69, 9.17) is 9.84 Å². The van der Waals surface area contributed by atoms with Crippen molar-refractivity contribution in [2.24, 2.45) is 0 Å². The number of hydrogen-bond acceptors (Lipinski definition) is 4. The van der Waals surface area contributed by atoms with Crippen molar-refractivity contribution in [1.82, 2.24) is 9.80 Å². The summed E-state index contributed by atoms with van der Waals surface area (Å²) in [4.78, 5) is 15.2. The van der Waals surface area contributed by atoms with Gasteiger partial charge in [-0.2, -0.15) is 0 Å². The lowest BCUT2D eigenvalue weighted by molar-refractivity contribution is -0.142. The van der Waals surface area contributed by atoms with Gasteiger partial charge in [0.05, 0.1) is 6.61 Å². The molecule has 0 aromatic heterocycles. The van der Waals surface area contributed by atoms with E-state index in [-0.39, 0.29) is 18.2 Å². The lowest BCUT2D eigenvalue weighted by Crippen LogP contribution is -2.46. The van der Waals surface area contributed by atoms with Crippen molar-refractivity contribution in [2.75, 3.05) is 45.9 Å². The molecule has 0 unspecified atom stereocenters. The molecule has 3 aromatic rings. The van der Waals surface area contributed by atoms with Crippen LogP contribution in [0, 0.1) is 11.6 Å². The molecule has 1 aliphatic rings. The molecule has 0 saturated carbocycles. The molecular weight excluding hydrogens is 438 g/mol. The second-order valence-corrected chi connectivity index (χ2v) is 8.42. The fourth-order valence-corrected chi connectivity index (χ4v) is 4.32. The quantitative estimate of drug-likeness (QED) is 0.470. The smallest absolute Gasteiger partial charge is 0.329 e. The highest BCUT2D eigenvalue weighted by Crippen LogP contribution is 2.36. The number of ether oxygens (including phenoxy) is 1. The highest BCUT2D eigenvalue weighted by Gasteiger charge is 2.20. The molecule has 5 nitrogen and oxygen atoms in total. The van der Waals surface area contributed by atoms with Gasteiger partial charge in [-0.15, -0.1) is 0 Å². The van der Waals surface area contributed by atoms with Gasteiger partial charge in [-0.25, -0.2) is 13.6 Å². The molecule has 0 atom stereocenters. The van der Waals surface area contributed by atoms with Crippen LogP contribution in [0.1, 0.15) is 5.56 Å². The van der Waals surface area contributed by atoms with Crippen molar-refractivity contribution in [3.63, 3.8) is 0 Å². The largest absolute Gasteiger partial charge is 0.480 e. The van der Waals surface area contributed by atoms with Crippen molar-refractivity contribution in [3.8, 4) is 22.3 Å². The third-order valence-electron chi connectivity index (χ3n) is 6.08. The molecule has 1 N–H and O–H groups in total. The Balaban J connectivity index is 1.51. The van der Waals surface area contributed by atoms with Gasteiger partial charge in [-0.1, -0.05) is 42.5 Å². The standard InChI is InChI=1S/C27H28F2N2O3/c28-23-8-4-20(5-9-23)25-3-1-2-22(27(25)21-6-10-24(29)11-7-21)18-31-14-12-30(13-15-31)16-17-34-19-26(32)33/h1-11H,12-19H2,(H,32,33). The third kappa shape index (κ3) is 6.26. The van der Waals surface area contributed by atoms with E-state index < -0.39 is 5.97 Å². The Bertz CT molecular complexity index is 1100. The molecule has 0 radical (unpaired) electrons. The molecule has 1 saturated heterocycles. The van der Waals surface area contributed by atoms with Crippen LogP contribution in [0.15, 0.2) is 66.7 Å². The molecule has 178 valence electrons. The summed E-state index contributed by atoms with van der Waals surface area (Å²) in [5.74, 6) is -1.52. The van der Waals surface area contributed by atoms with Crippen LogP contribution in [0.2, 0.25) is 0 Å². The Hall–Kier alpha value is -3.13. The van der Waals surface area contributed by atoms with E-state index in [2.05, 4.69) is 15.9 Å². The highest BCUT2D eigenvalue weighted by atomic mass is 19.1. The van der Waals surface area contributed by atoms with Crippen LogP contribution < -0.4 is 0 Å². The van der Waals surface area contributed by atoms with Crippen molar-refractivity contribution in [1.29, 1.82) is 0 Å². The predicted octanol–water partition coefficient (Wildman–Crippen LogP) is 4.52. The molecule has 0 amide bonds. The van der Waals surface area contributed by atoms with Gasteiger partial charge in [-0.3, -0.25) is 9.80 Å². The minimum atomic E-state index is -0.954. The number of benzene rings is 3. The maximum Gasteiger partial charge on any atom is 0.329 e. The summed E-state index contributed by atoms with van der Waals surface area (Å²) in [6.45, 7) is 5.09. The lowest BCUT2D eigenvalue weighted by atomic mass is 9.90. The summed E-state index contributed by atoms with van der Waals surface area (Å²) < 4.78 is 32.3. The maximum absolute atomic E-state index is 13.6. The Morgan fingerprint density at radius 1 is 0.824 bits per heavy atom. The first kappa shape index (κ1) is 24.0. The molecule has 1 heterocycles. The first-order valence-corrected chi connectivity index (χ1v) is 11.4. The number of carbonyl (C=O) groups is 1. The van der Waals surface area contributed by atoms with Crippen molar-refractivity contribution < 1.29 is 23.4 Å². The van der Waals surface area contributed by atoms with Gasteiger partial charge < -0.3 is 9.84 Å². The Morgan fingerprint density at radius 3 is 2.03 bits per heavy atom. The van der Waals surface area contributed by atoms with Crippen molar-refractivity contribution in [2.45, 2.75) is 6.54 Å². The van der Waals surface area contributed by atoms with Gasteiger partial charge in [0, 0.05) is 39.3 Å². The monoisotopic (exact) mass is 466 g/mol. The topological polar surface area (TPSA) is 53.0 Å². The molecule has 3 aromatic carbocycles. The lowest BCUT2D eigenvalue weighted by Gasteiger charge is -2.35. The first-order valence-electron chi connectivity index (χ1n) is 11.4. The Labute approximate surface area is 198 Å². The van der Waals surface area contributed by atoms with Crippen LogP contribution in [0.25, 0.3) is 22.3 Å². The first-order chi connectivity index (χ1) is 16.5. The average molecular weight is 467 g/mol. The Kier molecular flexibility index (Phi) is 8.00. The summed E-state index contributed by atoms with van der Waals surface area (Å²) in [5.41, 5.74) is 4.97. The summed E-state index contributed by atoms with van der Waals surface area (Å²) in [6.07, 6.45) is 0. The van der Waals surface area contributed by atoms with Gasteiger partial charge in [0.15, 0.2) is 0 Å². The Morgan fingerprint density at radius 2 is 1.41 bits per heavy atom. The van der Waals surface area contributed by atoms with E-state index >= 15 is 0 Å². The normalized spacial score (nSPS) is 14.9. The van der Waals surface area contributed by atoms with Crippen LogP contribution in [0.4, 0.5) is 8.78 Å². The van der Waals surface area contributed by atoms with Gasteiger partial charge in [0.1, 0.15) is 18.2 Å². The molecule has 0 bridgehead atoms. The second-order valence-electron chi connectivity index (χ2n) is 8.42. The highest BCUT2D eigenvalue weighted by molar-refractivity contribution is 5.85. The van der Waals surface area contributed by atoms with Gasteiger partial charge in [0.25, 0.3) is 0 Å². The molecular formula is C27H28F2N2O3. The number of carboxylic acid groups (broad SMARTS) is 1. The van der Waals surface area contributed by atoms with Gasteiger partial charge in [-0.05, 0) is 52.1 Å². The second kappa shape index (κ2) is 11.3. The van der Waals surface area contributed by atoms with Crippen LogP contribution in [0.5, 0.6) is 0 Å². The summed E-state index contributed by atoms with van der Waals surface area (Å²) in [7, 11) is 0. The molecule has 34 heavy (non-hydrogen) atoms. The number of rotatable bonds is 9. The van der Waals surface area contributed by atoms with E-state index in [9.17, 15) is 13.6 Å². The summed E-state index contributed by atoms with van der Waals surface area (Å²) in [5, 5.41) is 8.67. The summed E-state index contributed by atoms with van der Waals surface area (Å²) >= 11 is 0. The van der Waals surface area contributed by atoms with E-state index in [1.807, 2.05) is 12.1 Å². The van der Waals surface area contributed by atoms with Gasteiger partial charge in [0.2, 0.25) is 0 Å². The maximum atomic E-state index is 13.6. The number of piperazine rings is 1. The zero-order chi connectivity index (χ0) is 23.9.